The molecule has 4 rings (SSSR count). The van der Waals surface area contributed by atoms with Crippen molar-refractivity contribution in [1.82, 2.24) is 24.8 Å². The number of rotatable bonds is 7. The van der Waals surface area contributed by atoms with Gasteiger partial charge in [0.25, 0.3) is 0 Å². The van der Waals surface area contributed by atoms with Crippen molar-refractivity contribution in [2.75, 3.05) is 25.1 Å². The number of hydrogen-bond acceptors (Lipinski definition) is 6. The van der Waals surface area contributed by atoms with Gasteiger partial charge < -0.3 is 15.0 Å². The van der Waals surface area contributed by atoms with E-state index in [1.165, 1.54) is 0 Å². The zero-order valence-electron chi connectivity index (χ0n) is 16.4. The number of nitrogens with one attached hydrogen (secondary N) is 1. The molecule has 150 valence electrons. The minimum absolute atomic E-state index is 0.0406. The fourth-order valence-corrected chi connectivity index (χ4v) is 3.55. The molecular weight excluding hydrogens is 368 g/mol. The highest BCUT2D eigenvalue weighted by Gasteiger charge is 2.31. The number of carbonyl (C=O) groups is 1. The summed E-state index contributed by atoms with van der Waals surface area (Å²) < 4.78 is 6.93. The lowest BCUT2D eigenvalue weighted by Crippen LogP contribution is -2.44. The van der Waals surface area contributed by atoms with Crippen LogP contribution in [-0.2, 0) is 11.2 Å². The quantitative estimate of drug-likeness (QED) is 0.662. The molecule has 1 saturated heterocycles. The first-order valence-corrected chi connectivity index (χ1v) is 9.73. The van der Waals surface area contributed by atoms with Crippen LogP contribution in [0.5, 0.6) is 5.75 Å². The molecule has 0 spiro atoms. The van der Waals surface area contributed by atoms with E-state index in [9.17, 15) is 4.79 Å². The summed E-state index contributed by atoms with van der Waals surface area (Å²) in [6.45, 7) is 1.40. The molecule has 8 nitrogen and oxygen atoms in total. The van der Waals surface area contributed by atoms with Crippen LogP contribution in [0.1, 0.15) is 18.4 Å². The van der Waals surface area contributed by atoms with Crippen molar-refractivity contribution in [2.24, 2.45) is 0 Å². The second kappa shape index (κ2) is 8.72. The Bertz CT molecular complexity index is 942. The second-order valence-corrected chi connectivity index (χ2v) is 6.93. The van der Waals surface area contributed by atoms with Gasteiger partial charge >= 0.3 is 0 Å². The Labute approximate surface area is 169 Å². The highest BCUT2D eigenvalue weighted by Crippen LogP contribution is 2.24. The van der Waals surface area contributed by atoms with Crippen molar-refractivity contribution >= 4 is 11.7 Å². The van der Waals surface area contributed by atoms with Gasteiger partial charge in [-0.1, -0.05) is 12.1 Å². The topological polar surface area (TPSA) is 85.2 Å². The molecule has 1 amide bonds. The molecule has 1 unspecified atom stereocenters. The summed E-state index contributed by atoms with van der Waals surface area (Å²) in [6, 6.07) is 9.54. The molecule has 3 aromatic rings. The number of anilines is 1. The minimum Gasteiger partial charge on any atom is -0.497 e. The van der Waals surface area contributed by atoms with Crippen molar-refractivity contribution in [3.63, 3.8) is 0 Å². The first-order valence-electron chi connectivity index (χ1n) is 9.73. The maximum atomic E-state index is 12.8. The minimum atomic E-state index is -0.212. The van der Waals surface area contributed by atoms with E-state index in [2.05, 4.69) is 25.2 Å². The molecule has 0 radical (unpaired) electrons. The molecule has 2 aromatic heterocycles. The molecular formula is C21H24N6O2. The van der Waals surface area contributed by atoms with E-state index in [1.54, 1.807) is 36.6 Å². The number of benzene rings is 1. The molecule has 0 saturated carbocycles. The predicted molar refractivity (Wildman–Crippen MR) is 109 cm³/mol. The van der Waals surface area contributed by atoms with Crippen LogP contribution in [0.4, 0.5) is 5.82 Å². The average molecular weight is 392 g/mol. The van der Waals surface area contributed by atoms with Gasteiger partial charge in [-0.15, -0.1) is 0 Å². The maximum Gasteiger partial charge on any atom is 0.242 e. The molecule has 29 heavy (non-hydrogen) atoms. The third-order valence-corrected chi connectivity index (χ3v) is 5.09. The van der Waals surface area contributed by atoms with Crippen LogP contribution in [0, 0.1) is 0 Å². The summed E-state index contributed by atoms with van der Waals surface area (Å²) in [5.74, 6) is 2.18. The summed E-state index contributed by atoms with van der Waals surface area (Å²) >= 11 is 0. The van der Waals surface area contributed by atoms with E-state index in [4.69, 9.17) is 4.74 Å². The van der Waals surface area contributed by atoms with Gasteiger partial charge in [-0.25, -0.2) is 9.97 Å². The Morgan fingerprint density at radius 2 is 2.10 bits per heavy atom. The van der Waals surface area contributed by atoms with Gasteiger partial charge in [0.1, 0.15) is 23.9 Å². The van der Waals surface area contributed by atoms with Gasteiger partial charge in [0.05, 0.1) is 7.11 Å². The third-order valence-electron chi connectivity index (χ3n) is 5.09. The zero-order valence-corrected chi connectivity index (χ0v) is 16.4. The monoisotopic (exact) mass is 392 g/mol. The van der Waals surface area contributed by atoms with E-state index >= 15 is 0 Å². The average Bonchev–Trinajstić information content (AvgIpc) is 3.46. The summed E-state index contributed by atoms with van der Waals surface area (Å²) in [7, 11) is 1.65. The van der Waals surface area contributed by atoms with Crippen LogP contribution in [0.15, 0.2) is 55.2 Å². The first-order chi connectivity index (χ1) is 14.2. The lowest BCUT2D eigenvalue weighted by Gasteiger charge is -2.25. The van der Waals surface area contributed by atoms with Crippen molar-refractivity contribution < 1.29 is 9.53 Å². The largest absolute Gasteiger partial charge is 0.497 e. The molecule has 1 fully saturated rings. The number of methoxy groups -OCH3 is 1. The van der Waals surface area contributed by atoms with Gasteiger partial charge in [-0.2, -0.15) is 4.98 Å². The van der Waals surface area contributed by atoms with Crippen LogP contribution in [0.2, 0.25) is 0 Å². The molecule has 1 N–H and O–H groups in total. The number of carbonyl (C=O) groups excluding carboxylic acids is 1. The number of amides is 1. The Morgan fingerprint density at radius 1 is 1.24 bits per heavy atom. The fraction of sp³-hybridized carbons (Fsp3) is 0.333. The van der Waals surface area contributed by atoms with E-state index in [-0.39, 0.29) is 11.9 Å². The number of hydrogen-bond donors (Lipinski definition) is 1. The van der Waals surface area contributed by atoms with Crippen molar-refractivity contribution in [1.29, 1.82) is 0 Å². The van der Waals surface area contributed by atoms with Gasteiger partial charge in [0, 0.05) is 31.7 Å². The first kappa shape index (κ1) is 18.9. The summed E-state index contributed by atoms with van der Waals surface area (Å²) in [5, 5.41) is 3.07. The third kappa shape index (κ3) is 4.37. The standard InChI is InChI=1S/C21H24N6O2/c1-29-17-6-4-16(5-7-17)8-10-23-20(28)18-3-2-13-27(18)19-9-11-24-21(25-19)26-14-12-22-15-26/h4-7,9,11-12,14-15,18H,2-3,8,10,13H2,1H3,(H,23,28). The van der Waals surface area contributed by atoms with Crippen LogP contribution >= 0.6 is 0 Å². The van der Waals surface area contributed by atoms with Crippen LogP contribution in [0.3, 0.4) is 0 Å². The van der Waals surface area contributed by atoms with E-state index in [0.717, 1.165) is 42.9 Å². The lowest BCUT2D eigenvalue weighted by atomic mass is 10.1. The Morgan fingerprint density at radius 3 is 2.86 bits per heavy atom. The molecule has 1 aromatic carbocycles. The Kier molecular flexibility index (Phi) is 5.69. The maximum absolute atomic E-state index is 12.8. The molecule has 1 aliphatic heterocycles. The van der Waals surface area contributed by atoms with E-state index in [1.807, 2.05) is 30.3 Å². The SMILES string of the molecule is COc1ccc(CCNC(=O)C2CCCN2c2ccnc(-n3ccnc3)n2)cc1. The number of nitrogens with zero attached hydrogens (tertiary/aromatic N) is 5. The van der Waals surface area contributed by atoms with Gasteiger partial charge in [-0.05, 0) is 43.0 Å². The summed E-state index contributed by atoms with van der Waals surface area (Å²) in [6.07, 6.45) is 9.42. The van der Waals surface area contributed by atoms with Crippen molar-refractivity contribution in [2.45, 2.75) is 25.3 Å². The van der Waals surface area contributed by atoms with E-state index in [0.29, 0.717) is 12.5 Å². The molecule has 8 heteroatoms. The predicted octanol–water partition coefficient (Wildman–Crippen LogP) is 2.00. The van der Waals surface area contributed by atoms with Gasteiger partial charge in [-0.3, -0.25) is 9.36 Å². The Balaban J connectivity index is 1.37. The highest BCUT2D eigenvalue weighted by atomic mass is 16.5. The smallest absolute Gasteiger partial charge is 0.242 e. The molecule has 1 aliphatic rings. The van der Waals surface area contributed by atoms with E-state index < -0.39 is 0 Å². The number of imidazole rings is 1. The van der Waals surface area contributed by atoms with Crippen molar-refractivity contribution in [3.8, 4) is 11.7 Å². The highest BCUT2D eigenvalue weighted by molar-refractivity contribution is 5.85. The van der Waals surface area contributed by atoms with Crippen LogP contribution in [0.25, 0.3) is 5.95 Å². The number of aromatic nitrogens is 4. The normalized spacial score (nSPS) is 16.0. The summed E-state index contributed by atoms with van der Waals surface area (Å²) in [5.41, 5.74) is 1.16. The molecule has 3 heterocycles. The lowest BCUT2D eigenvalue weighted by molar-refractivity contribution is -0.122. The molecule has 1 atom stereocenters. The molecule has 0 bridgehead atoms. The number of ether oxygens (including phenoxy) is 1. The summed E-state index contributed by atoms with van der Waals surface area (Å²) in [4.78, 5) is 27.8. The fourth-order valence-electron chi connectivity index (χ4n) is 3.55. The Hall–Kier alpha value is -3.42. The zero-order chi connectivity index (χ0) is 20.1. The van der Waals surface area contributed by atoms with Crippen molar-refractivity contribution in [3.05, 3.63) is 60.8 Å². The second-order valence-electron chi connectivity index (χ2n) is 6.93. The van der Waals surface area contributed by atoms with Crippen LogP contribution < -0.4 is 15.0 Å². The molecule has 0 aliphatic carbocycles. The van der Waals surface area contributed by atoms with Crippen LogP contribution in [-0.4, -0.2) is 51.7 Å². The van der Waals surface area contributed by atoms with Gasteiger partial charge in [0.2, 0.25) is 11.9 Å². The van der Waals surface area contributed by atoms with Gasteiger partial charge in [0.15, 0.2) is 0 Å².